The van der Waals surface area contributed by atoms with Gasteiger partial charge in [-0.1, -0.05) is 34.1 Å². The number of carbonyl (C=O) groups is 1. The molecular weight excluding hydrogens is 279 g/mol. The average Bonchev–Trinajstić information content (AvgIpc) is 2.25. The highest BCUT2D eigenvalue weighted by molar-refractivity contribution is 9.10. The van der Waals surface area contributed by atoms with Gasteiger partial charge >= 0.3 is 6.03 Å². The summed E-state index contributed by atoms with van der Waals surface area (Å²) in [6.07, 6.45) is 0. The second kappa shape index (κ2) is 6.69. The third-order valence-corrected chi connectivity index (χ3v) is 2.74. The highest BCUT2D eigenvalue weighted by Crippen LogP contribution is 2.14. The van der Waals surface area contributed by atoms with E-state index in [4.69, 9.17) is 11.6 Å². The SMILES string of the molecule is O=C(NCCCl)NCc1ccccc1Br. The maximum atomic E-state index is 11.2. The lowest BCUT2D eigenvalue weighted by Gasteiger charge is -2.07. The number of rotatable bonds is 4. The molecule has 0 atom stereocenters. The number of nitrogens with one attached hydrogen (secondary N) is 2. The predicted octanol–water partition coefficient (Wildman–Crippen LogP) is 2.49. The van der Waals surface area contributed by atoms with Crippen molar-refractivity contribution in [2.45, 2.75) is 6.54 Å². The lowest BCUT2D eigenvalue weighted by Crippen LogP contribution is -2.36. The summed E-state index contributed by atoms with van der Waals surface area (Å²) in [7, 11) is 0. The van der Waals surface area contributed by atoms with E-state index in [1.807, 2.05) is 24.3 Å². The number of alkyl halides is 1. The molecule has 15 heavy (non-hydrogen) atoms. The minimum atomic E-state index is -0.202. The fourth-order valence-corrected chi connectivity index (χ4v) is 1.56. The largest absolute Gasteiger partial charge is 0.337 e. The summed E-state index contributed by atoms with van der Waals surface area (Å²) in [6, 6.07) is 7.55. The molecule has 1 rings (SSSR count). The number of carbonyl (C=O) groups excluding carboxylic acids is 1. The zero-order chi connectivity index (χ0) is 11.1. The molecule has 0 saturated heterocycles. The van der Waals surface area contributed by atoms with Gasteiger partial charge in [0.05, 0.1) is 0 Å². The van der Waals surface area contributed by atoms with Gasteiger partial charge in [0.1, 0.15) is 0 Å². The maximum absolute atomic E-state index is 11.2. The normalized spacial score (nSPS) is 9.73. The highest BCUT2D eigenvalue weighted by Gasteiger charge is 2.01. The first-order valence-corrected chi connectivity index (χ1v) is 5.88. The van der Waals surface area contributed by atoms with Crippen molar-refractivity contribution in [3.05, 3.63) is 34.3 Å². The third kappa shape index (κ3) is 4.53. The van der Waals surface area contributed by atoms with Crippen molar-refractivity contribution in [2.75, 3.05) is 12.4 Å². The van der Waals surface area contributed by atoms with Gasteiger partial charge in [0, 0.05) is 23.4 Å². The van der Waals surface area contributed by atoms with Crippen LogP contribution in [0.4, 0.5) is 4.79 Å². The summed E-state index contributed by atoms with van der Waals surface area (Å²) < 4.78 is 0.989. The van der Waals surface area contributed by atoms with Crippen LogP contribution in [-0.2, 0) is 6.54 Å². The second-order valence-electron chi connectivity index (χ2n) is 2.89. The zero-order valence-electron chi connectivity index (χ0n) is 8.09. The van der Waals surface area contributed by atoms with E-state index < -0.39 is 0 Å². The lowest BCUT2D eigenvalue weighted by molar-refractivity contribution is 0.241. The Kier molecular flexibility index (Phi) is 5.50. The van der Waals surface area contributed by atoms with Crippen LogP contribution in [0.3, 0.4) is 0 Å². The molecule has 0 fully saturated rings. The second-order valence-corrected chi connectivity index (χ2v) is 4.12. The van der Waals surface area contributed by atoms with Crippen molar-refractivity contribution in [1.82, 2.24) is 10.6 Å². The van der Waals surface area contributed by atoms with Gasteiger partial charge in [-0.05, 0) is 11.6 Å². The van der Waals surface area contributed by atoms with Crippen molar-refractivity contribution in [1.29, 1.82) is 0 Å². The van der Waals surface area contributed by atoms with Crippen molar-refractivity contribution in [2.24, 2.45) is 0 Å². The maximum Gasteiger partial charge on any atom is 0.315 e. The molecule has 0 aliphatic carbocycles. The Bertz CT molecular complexity index is 333. The first kappa shape index (κ1) is 12.3. The number of halogens is 2. The van der Waals surface area contributed by atoms with Gasteiger partial charge in [-0.25, -0.2) is 4.79 Å². The first-order chi connectivity index (χ1) is 7.24. The quantitative estimate of drug-likeness (QED) is 0.822. The Balaban J connectivity index is 2.37. The summed E-state index contributed by atoms with van der Waals surface area (Å²) in [5, 5.41) is 5.36. The van der Waals surface area contributed by atoms with E-state index in [9.17, 15) is 4.79 Å². The molecule has 1 aromatic rings. The topological polar surface area (TPSA) is 41.1 Å². The molecule has 2 N–H and O–H groups in total. The predicted molar refractivity (Wildman–Crippen MR) is 65.1 cm³/mol. The average molecular weight is 292 g/mol. The van der Waals surface area contributed by atoms with E-state index in [1.54, 1.807) is 0 Å². The van der Waals surface area contributed by atoms with E-state index in [0.717, 1.165) is 10.0 Å². The number of amides is 2. The van der Waals surface area contributed by atoms with Crippen molar-refractivity contribution in [3.8, 4) is 0 Å². The van der Waals surface area contributed by atoms with E-state index in [-0.39, 0.29) is 6.03 Å². The van der Waals surface area contributed by atoms with Gasteiger partial charge in [0.25, 0.3) is 0 Å². The molecule has 0 aliphatic rings. The first-order valence-electron chi connectivity index (χ1n) is 4.55. The molecule has 0 saturated carbocycles. The molecule has 0 bridgehead atoms. The monoisotopic (exact) mass is 290 g/mol. The molecule has 5 heteroatoms. The standard InChI is InChI=1S/C10H12BrClN2O/c11-9-4-2-1-3-8(9)7-14-10(15)13-6-5-12/h1-4H,5-7H2,(H2,13,14,15). The number of benzene rings is 1. The summed E-state index contributed by atoms with van der Waals surface area (Å²) in [5.74, 6) is 0.419. The Hall–Kier alpha value is -0.740. The molecule has 0 radical (unpaired) electrons. The van der Waals surface area contributed by atoms with Crippen molar-refractivity contribution in [3.63, 3.8) is 0 Å². The van der Waals surface area contributed by atoms with Gasteiger partial charge in [0.15, 0.2) is 0 Å². The Morgan fingerprint density at radius 3 is 2.73 bits per heavy atom. The van der Waals surface area contributed by atoms with E-state index in [0.29, 0.717) is 19.0 Å². The van der Waals surface area contributed by atoms with Gasteiger partial charge in [0.2, 0.25) is 0 Å². The summed E-state index contributed by atoms with van der Waals surface area (Å²) in [5.41, 5.74) is 1.04. The summed E-state index contributed by atoms with van der Waals surface area (Å²) in [4.78, 5) is 11.2. The molecular formula is C10H12BrClN2O. The van der Waals surface area contributed by atoms with Crippen LogP contribution in [0.1, 0.15) is 5.56 Å². The van der Waals surface area contributed by atoms with Gasteiger partial charge < -0.3 is 10.6 Å². The Labute approximate surface area is 102 Å². The summed E-state index contributed by atoms with van der Waals surface area (Å²) in [6.45, 7) is 0.971. The lowest BCUT2D eigenvalue weighted by atomic mass is 10.2. The molecule has 82 valence electrons. The molecule has 2 amide bonds. The number of urea groups is 1. The van der Waals surface area contributed by atoms with E-state index in [2.05, 4.69) is 26.6 Å². The van der Waals surface area contributed by atoms with Crippen LogP contribution >= 0.6 is 27.5 Å². The number of hydrogen-bond donors (Lipinski definition) is 2. The molecule has 1 aromatic carbocycles. The Morgan fingerprint density at radius 2 is 2.07 bits per heavy atom. The van der Waals surface area contributed by atoms with Gasteiger partial charge in [-0.2, -0.15) is 0 Å². The van der Waals surface area contributed by atoms with Gasteiger partial charge in [-0.15, -0.1) is 11.6 Å². The van der Waals surface area contributed by atoms with E-state index >= 15 is 0 Å². The molecule has 3 nitrogen and oxygen atoms in total. The fourth-order valence-electron chi connectivity index (χ4n) is 1.04. The highest BCUT2D eigenvalue weighted by atomic mass is 79.9. The Morgan fingerprint density at radius 1 is 1.33 bits per heavy atom. The zero-order valence-corrected chi connectivity index (χ0v) is 10.4. The van der Waals surface area contributed by atoms with Crippen LogP contribution in [0.25, 0.3) is 0 Å². The van der Waals surface area contributed by atoms with Crippen LogP contribution in [-0.4, -0.2) is 18.5 Å². The van der Waals surface area contributed by atoms with Crippen molar-refractivity contribution >= 4 is 33.6 Å². The van der Waals surface area contributed by atoms with Gasteiger partial charge in [-0.3, -0.25) is 0 Å². The van der Waals surface area contributed by atoms with E-state index in [1.165, 1.54) is 0 Å². The van der Waals surface area contributed by atoms with Crippen LogP contribution < -0.4 is 10.6 Å². The molecule has 0 heterocycles. The third-order valence-electron chi connectivity index (χ3n) is 1.78. The van der Waals surface area contributed by atoms with Crippen molar-refractivity contribution < 1.29 is 4.79 Å². The number of hydrogen-bond acceptors (Lipinski definition) is 1. The van der Waals surface area contributed by atoms with Crippen LogP contribution in [0.2, 0.25) is 0 Å². The fraction of sp³-hybridized carbons (Fsp3) is 0.300. The molecule has 0 aromatic heterocycles. The molecule has 0 aliphatic heterocycles. The van der Waals surface area contributed by atoms with Crippen LogP contribution in [0.15, 0.2) is 28.7 Å². The minimum Gasteiger partial charge on any atom is -0.337 e. The van der Waals surface area contributed by atoms with Crippen LogP contribution in [0, 0.1) is 0 Å². The minimum absolute atomic E-state index is 0.202. The summed E-state index contributed by atoms with van der Waals surface area (Å²) >= 11 is 8.84. The van der Waals surface area contributed by atoms with Crippen LogP contribution in [0.5, 0.6) is 0 Å². The smallest absolute Gasteiger partial charge is 0.315 e. The molecule has 0 spiro atoms. The molecule has 0 unspecified atom stereocenters.